The highest BCUT2D eigenvalue weighted by molar-refractivity contribution is 6.35. The summed E-state index contributed by atoms with van der Waals surface area (Å²) in [4.78, 5) is 10.4. The van der Waals surface area contributed by atoms with E-state index in [0.29, 0.717) is 17.1 Å². The average molecular weight is 251 g/mol. The molecule has 2 N–H and O–H groups in total. The third-order valence-electron chi connectivity index (χ3n) is 2.85. The Kier molecular flexibility index (Phi) is 4.18. The van der Waals surface area contributed by atoms with Gasteiger partial charge in [-0.05, 0) is 37.6 Å². The maximum Gasteiger partial charge on any atom is 0.211 e. The number of hydrogen-bond donors (Lipinski definition) is 2. The van der Waals surface area contributed by atoms with Crippen LogP contribution in [-0.4, -0.2) is 19.5 Å². The lowest BCUT2D eigenvalue weighted by Gasteiger charge is -2.15. The van der Waals surface area contributed by atoms with E-state index < -0.39 is 0 Å². The molecule has 0 saturated carbocycles. The van der Waals surface area contributed by atoms with Gasteiger partial charge in [0.05, 0.1) is 10.7 Å². The first kappa shape index (κ1) is 12.1. The number of piperidine rings is 1. The quantitative estimate of drug-likeness (QED) is 0.810. The molecule has 1 saturated heterocycles. The molecule has 1 aromatic carbocycles. The maximum atomic E-state index is 10.4. The van der Waals surface area contributed by atoms with Crippen molar-refractivity contribution >= 4 is 29.8 Å². The number of carbonyl (C=O) groups is 1. The fourth-order valence-corrected chi connectivity index (χ4v) is 2.18. The minimum absolute atomic E-state index is 0.602. The van der Waals surface area contributed by atoms with Crippen molar-refractivity contribution in [3.63, 3.8) is 0 Å². The van der Waals surface area contributed by atoms with Crippen molar-refractivity contribution < 1.29 is 4.79 Å². The molecule has 0 atom stereocenters. The fraction of sp³-hybridized carbons (Fsp3) is 0.308. The summed E-state index contributed by atoms with van der Waals surface area (Å²) in [6.07, 6.45) is 4.88. The van der Waals surface area contributed by atoms with Crippen LogP contribution < -0.4 is 10.6 Å². The van der Waals surface area contributed by atoms with Gasteiger partial charge in [-0.3, -0.25) is 4.79 Å². The smallest absolute Gasteiger partial charge is 0.211 e. The number of hydrogen-bond acceptors (Lipinski definition) is 2. The Morgan fingerprint density at radius 3 is 2.76 bits per heavy atom. The standard InChI is InChI=1S/C13H15ClN2O/c14-13-11(2-1-3-12(13)16-9-17)8-10-4-6-15-7-5-10/h1-3,8-9,15H,4-7H2,(H,16,17). The van der Waals surface area contributed by atoms with E-state index in [1.807, 2.05) is 12.1 Å². The molecule has 1 amide bonds. The first-order valence-electron chi connectivity index (χ1n) is 5.70. The van der Waals surface area contributed by atoms with Crippen LogP contribution in [0.4, 0.5) is 5.69 Å². The Balaban J connectivity index is 2.25. The summed E-state index contributed by atoms with van der Waals surface area (Å²) in [7, 11) is 0. The minimum Gasteiger partial charge on any atom is -0.327 e. The number of amides is 1. The van der Waals surface area contributed by atoms with Crippen LogP contribution in [0.5, 0.6) is 0 Å². The highest BCUT2D eigenvalue weighted by atomic mass is 35.5. The molecule has 1 aliphatic rings. The number of benzene rings is 1. The topological polar surface area (TPSA) is 41.1 Å². The third kappa shape index (κ3) is 3.08. The molecule has 0 bridgehead atoms. The van der Waals surface area contributed by atoms with Gasteiger partial charge in [0.15, 0.2) is 0 Å². The van der Waals surface area contributed by atoms with Crippen molar-refractivity contribution in [2.24, 2.45) is 0 Å². The lowest BCUT2D eigenvalue weighted by Crippen LogP contribution is -2.22. The molecule has 3 nitrogen and oxygen atoms in total. The van der Waals surface area contributed by atoms with Gasteiger partial charge in [0.25, 0.3) is 0 Å². The van der Waals surface area contributed by atoms with Gasteiger partial charge < -0.3 is 10.6 Å². The number of rotatable bonds is 3. The van der Waals surface area contributed by atoms with Crippen LogP contribution >= 0.6 is 11.6 Å². The van der Waals surface area contributed by atoms with Gasteiger partial charge in [0, 0.05) is 0 Å². The molecule has 0 aromatic heterocycles. The Morgan fingerprint density at radius 2 is 2.06 bits per heavy atom. The maximum absolute atomic E-state index is 10.4. The molecule has 0 unspecified atom stereocenters. The van der Waals surface area contributed by atoms with Gasteiger partial charge in [-0.25, -0.2) is 0 Å². The first-order chi connectivity index (χ1) is 8.31. The van der Waals surface area contributed by atoms with Crippen molar-refractivity contribution in [3.05, 3.63) is 34.4 Å². The van der Waals surface area contributed by atoms with Crippen molar-refractivity contribution in [1.82, 2.24) is 5.32 Å². The molecule has 1 aliphatic heterocycles. The summed E-state index contributed by atoms with van der Waals surface area (Å²) in [5.41, 5.74) is 3.02. The average Bonchev–Trinajstić information content (AvgIpc) is 2.36. The predicted octanol–water partition coefficient (Wildman–Crippen LogP) is 2.68. The monoisotopic (exact) mass is 250 g/mol. The van der Waals surface area contributed by atoms with E-state index in [9.17, 15) is 4.79 Å². The van der Waals surface area contributed by atoms with Crippen molar-refractivity contribution in [3.8, 4) is 0 Å². The summed E-state index contributed by atoms with van der Waals surface area (Å²) in [5.74, 6) is 0. The van der Waals surface area contributed by atoms with E-state index in [4.69, 9.17) is 11.6 Å². The zero-order valence-corrected chi connectivity index (χ0v) is 10.3. The van der Waals surface area contributed by atoms with Crippen LogP contribution in [0.2, 0.25) is 5.02 Å². The molecule has 90 valence electrons. The fourth-order valence-electron chi connectivity index (χ4n) is 1.95. The molecule has 1 heterocycles. The molecule has 4 heteroatoms. The second-order valence-electron chi connectivity index (χ2n) is 4.02. The lowest BCUT2D eigenvalue weighted by atomic mass is 10.0. The summed E-state index contributed by atoms with van der Waals surface area (Å²) in [6.45, 7) is 2.05. The minimum atomic E-state index is 0.602. The van der Waals surface area contributed by atoms with Crippen LogP contribution in [0, 0.1) is 0 Å². The summed E-state index contributed by atoms with van der Waals surface area (Å²) in [5, 5.41) is 6.52. The molecule has 1 fully saturated rings. The van der Waals surface area contributed by atoms with Gasteiger partial charge in [-0.1, -0.05) is 35.4 Å². The van der Waals surface area contributed by atoms with E-state index >= 15 is 0 Å². The molecule has 17 heavy (non-hydrogen) atoms. The van der Waals surface area contributed by atoms with Crippen molar-refractivity contribution in [1.29, 1.82) is 0 Å². The molecule has 2 rings (SSSR count). The molecule has 1 aromatic rings. The van der Waals surface area contributed by atoms with Crippen LogP contribution in [0.15, 0.2) is 23.8 Å². The molecule has 0 radical (unpaired) electrons. The van der Waals surface area contributed by atoms with Gasteiger partial charge in [0.2, 0.25) is 6.41 Å². The van der Waals surface area contributed by atoms with Crippen LogP contribution in [0.3, 0.4) is 0 Å². The zero-order valence-electron chi connectivity index (χ0n) is 9.50. The molecule has 0 spiro atoms. The van der Waals surface area contributed by atoms with Crippen LogP contribution in [-0.2, 0) is 4.79 Å². The Hall–Kier alpha value is -1.32. The molecule has 0 aliphatic carbocycles. The molecular formula is C13H15ClN2O. The number of nitrogens with one attached hydrogen (secondary N) is 2. The Labute approximate surface area is 106 Å². The van der Waals surface area contributed by atoms with Crippen molar-refractivity contribution in [2.45, 2.75) is 12.8 Å². The SMILES string of the molecule is O=CNc1cccc(C=C2CCNCC2)c1Cl. The zero-order chi connectivity index (χ0) is 12.1. The number of carbonyl (C=O) groups excluding carboxylic acids is 1. The van der Waals surface area contributed by atoms with Crippen molar-refractivity contribution in [2.75, 3.05) is 18.4 Å². The first-order valence-corrected chi connectivity index (χ1v) is 6.08. The Bertz CT molecular complexity index is 435. The second kappa shape index (κ2) is 5.84. The highest BCUT2D eigenvalue weighted by Crippen LogP contribution is 2.28. The largest absolute Gasteiger partial charge is 0.327 e. The van der Waals surface area contributed by atoms with E-state index in [-0.39, 0.29) is 0 Å². The van der Waals surface area contributed by atoms with Crippen LogP contribution in [0.1, 0.15) is 18.4 Å². The predicted molar refractivity (Wildman–Crippen MR) is 71.2 cm³/mol. The summed E-state index contributed by atoms with van der Waals surface area (Å²) < 4.78 is 0. The lowest BCUT2D eigenvalue weighted by molar-refractivity contribution is -0.105. The number of halogens is 1. The van der Waals surface area contributed by atoms with Gasteiger partial charge in [-0.2, -0.15) is 0 Å². The summed E-state index contributed by atoms with van der Waals surface area (Å²) >= 11 is 6.23. The van der Waals surface area contributed by atoms with E-state index in [1.165, 1.54) is 5.57 Å². The second-order valence-corrected chi connectivity index (χ2v) is 4.40. The van der Waals surface area contributed by atoms with Gasteiger partial charge in [-0.15, -0.1) is 0 Å². The summed E-state index contributed by atoms with van der Waals surface area (Å²) in [6, 6.07) is 5.65. The van der Waals surface area contributed by atoms with Gasteiger partial charge >= 0.3 is 0 Å². The highest BCUT2D eigenvalue weighted by Gasteiger charge is 2.07. The van der Waals surface area contributed by atoms with E-state index in [0.717, 1.165) is 31.5 Å². The molecular weight excluding hydrogens is 236 g/mol. The van der Waals surface area contributed by atoms with E-state index in [1.54, 1.807) is 6.07 Å². The normalized spacial score (nSPS) is 15.5. The Morgan fingerprint density at radius 1 is 1.29 bits per heavy atom. The number of anilines is 1. The van der Waals surface area contributed by atoms with Crippen LogP contribution in [0.25, 0.3) is 6.08 Å². The van der Waals surface area contributed by atoms with Gasteiger partial charge in [0.1, 0.15) is 0 Å². The third-order valence-corrected chi connectivity index (χ3v) is 3.27. The van der Waals surface area contributed by atoms with E-state index in [2.05, 4.69) is 16.7 Å².